The van der Waals surface area contributed by atoms with Crippen molar-refractivity contribution in [3.63, 3.8) is 0 Å². The van der Waals surface area contributed by atoms with Gasteiger partial charge in [-0.2, -0.15) is 0 Å². The SMILES string of the molecule is CCNC(=NCCCCOCC)N1CC[C@@H](O)C1.I. The molecule has 0 amide bonds. The molecule has 0 unspecified atom stereocenters. The van der Waals surface area contributed by atoms with Gasteiger partial charge in [-0.05, 0) is 33.1 Å². The van der Waals surface area contributed by atoms with Gasteiger partial charge in [-0.25, -0.2) is 0 Å². The molecule has 5 nitrogen and oxygen atoms in total. The maximum atomic E-state index is 9.54. The van der Waals surface area contributed by atoms with Crippen LogP contribution in [0.3, 0.4) is 0 Å². The number of likely N-dealkylation sites (tertiary alicyclic amines) is 1. The van der Waals surface area contributed by atoms with Crippen molar-refractivity contribution >= 4 is 29.9 Å². The summed E-state index contributed by atoms with van der Waals surface area (Å²) >= 11 is 0. The zero-order chi connectivity index (χ0) is 13.2. The van der Waals surface area contributed by atoms with Crippen molar-refractivity contribution in [2.75, 3.05) is 39.4 Å². The number of aliphatic hydroxyl groups excluding tert-OH is 1. The van der Waals surface area contributed by atoms with Gasteiger partial charge in [0.1, 0.15) is 0 Å². The van der Waals surface area contributed by atoms with Gasteiger partial charge in [0.2, 0.25) is 0 Å². The molecule has 1 rings (SSSR count). The third kappa shape index (κ3) is 7.94. The van der Waals surface area contributed by atoms with Crippen molar-refractivity contribution in [1.82, 2.24) is 10.2 Å². The number of unbranched alkanes of at least 4 members (excludes halogenated alkanes) is 1. The van der Waals surface area contributed by atoms with Gasteiger partial charge < -0.3 is 20.1 Å². The topological polar surface area (TPSA) is 57.1 Å². The predicted octanol–water partition coefficient (Wildman–Crippen LogP) is 1.45. The number of β-amino-alcohol motifs (C(OH)–C–C–N with tert-alkyl or cyclic N) is 1. The van der Waals surface area contributed by atoms with Crippen molar-refractivity contribution < 1.29 is 9.84 Å². The summed E-state index contributed by atoms with van der Waals surface area (Å²) in [6.07, 6.45) is 2.74. The second kappa shape index (κ2) is 11.7. The molecule has 1 aliphatic rings. The van der Waals surface area contributed by atoms with E-state index in [4.69, 9.17) is 4.74 Å². The molecule has 0 aromatic carbocycles. The Labute approximate surface area is 133 Å². The number of nitrogens with zero attached hydrogens (tertiary/aromatic N) is 2. The van der Waals surface area contributed by atoms with Crippen LogP contribution in [-0.2, 0) is 4.74 Å². The first-order valence-corrected chi connectivity index (χ1v) is 7.07. The number of halogens is 1. The van der Waals surface area contributed by atoms with E-state index >= 15 is 0 Å². The highest BCUT2D eigenvalue weighted by atomic mass is 127. The van der Waals surface area contributed by atoms with Crippen LogP contribution in [0.25, 0.3) is 0 Å². The lowest BCUT2D eigenvalue weighted by Gasteiger charge is -2.20. The van der Waals surface area contributed by atoms with Gasteiger partial charge >= 0.3 is 0 Å². The van der Waals surface area contributed by atoms with Crippen LogP contribution in [0.4, 0.5) is 0 Å². The first-order chi connectivity index (χ1) is 8.77. The lowest BCUT2D eigenvalue weighted by atomic mass is 10.3. The minimum atomic E-state index is -0.202. The first-order valence-electron chi connectivity index (χ1n) is 7.07. The highest BCUT2D eigenvalue weighted by Gasteiger charge is 2.22. The van der Waals surface area contributed by atoms with E-state index in [9.17, 15) is 5.11 Å². The third-order valence-electron chi connectivity index (χ3n) is 2.96. The second-order valence-electron chi connectivity index (χ2n) is 4.53. The average Bonchev–Trinajstić information content (AvgIpc) is 2.79. The summed E-state index contributed by atoms with van der Waals surface area (Å²) < 4.78 is 5.29. The molecule has 0 aromatic rings. The van der Waals surface area contributed by atoms with Gasteiger partial charge in [-0.15, -0.1) is 24.0 Å². The molecule has 1 saturated heterocycles. The Morgan fingerprint density at radius 1 is 1.42 bits per heavy atom. The minimum absolute atomic E-state index is 0. The maximum absolute atomic E-state index is 9.54. The van der Waals surface area contributed by atoms with Crippen LogP contribution in [0.15, 0.2) is 4.99 Å². The molecule has 0 spiro atoms. The number of aliphatic hydroxyl groups is 1. The molecule has 0 aromatic heterocycles. The van der Waals surface area contributed by atoms with Gasteiger partial charge in [0.15, 0.2) is 5.96 Å². The van der Waals surface area contributed by atoms with Crippen molar-refractivity contribution in [3.05, 3.63) is 0 Å². The van der Waals surface area contributed by atoms with Crippen LogP contribution in [0.5, 0.6) is 0 Å². The van der Waals surface area contributed by atoms with Crippen LogP contribution in [-0.4, -0.2) is 61.5 Å². The molecular formula is C13H28IN3O2. The fraction of sp³-hybridized carbons (Fsp3) is 0.923. The summed E-state index contributed by atoms with van der Waals surface area (Å²) in [4.78, 5) is 6.73. The third-order valence-corrected chi connectivity index (χ3v) is 2.96. The van der Waals surface area contributed by atoms with E-state index in [-0.39, 0.29) is 30.1 Å². The number of hydrogen-bond acceptors (Lipinski definition) is 3. The number of aliphatic imine (C=N–C) groups is 1. The largest absolute Gasteiger partial charge is 0.391 e. The van der Waals surface area contributed by atoms with Crippen LogP contribution in [0.2, 0.25) is 0 Å². The molecule has 0 bridgehead atoms. The molecule has 19 heavy (non-hydrogen) atoms. The van der Waals surface area contributed by atoms with E-state index in [0.29, 0.717) is 6.54 Å². The molecule has 1 heterocycles. The van der Waals surface area contributed by atoms with Gasteiger partial charge in [0.25, 0.3) is 0 Å². The summed E-state index contributed by atoms with van der Waals surface area (Å²) in [7, 11) is 0. The van der Waals surface area contributed by atoms with Gasteiger partial charge in [0.05, 0.1) is 6.10 Å². The molecule has 2 N–H and O–H groups in total. The van der Waals surface area contributed by atoms with Crippen molar-refractivity contribution in [2.45, 2.75) is 39.2 Å². The molecule has 0 saturated carbocycles. The number of rotatable bonds is 7. The molecule has 0 radical (unpaired) electrons. The molecule has 1 aliphatic heterocycles. The summed E-state index contributed by atoms with van der Waals surface area (Å²) in [5, 5.41) is 12.8. The van der Waals surface area contributed by atoms with E-state index in [0.717, 1.165) is 58.1 Å². The molecule has 1 atom stereocenters. The van der Waals surface area contributed by atoms with Crippen LogP contribution >= 0.6 is 24.0 Å². The summed E-state index contributed by atoms with van der Waals surface area (Å²) in [5.74, 6) is 0.936. The van der Waals surface area contributed by atoms with Gasteiger partial charge in [0, 0.05) is 39.4 Å². The molecule has 1 fully saturated rings. The van der Waals surface area contributed by atoms with Crippen molar-refractivity contribution in [1.29, 1.82) is 0 Å². The standard InChI is InChI=1S/C13H27N3O2.HI/c1-3-14-13(16-9-7-12(17)11-16)15-8-5-6-10-18-4-2;/h12,17H,3-11H2,1-2H3,(H,14,15);1H/t12-;/m1./s1. The van der Waals surface area contributed by atoms with E-state index in [1.54, 1.807) is 0 Å². The summed E-state index contributed by atoms with van der Waals surface area (Å²) in [5.41, 5.74) is 0. The zero-order valence-corrected chi connectivity index (χ0v) is 14.4. The van der Waals surface area contributed by atoms with E-state index in [1.807, 2.05) is 6.92 Å². The first kappa shape index (κ1) is 18.9. The lowest BCUT2D eigenvalue weighted by Crippen LogP contribution is -2.40. The zero-order valence-electron chi connectivity index (χ0n) is 12.1. The van der Waals surface area contributed by atoms with Crippen LogP contribution in [0, 0.1) is 0 Å². The van der Waals surface area contributed by atoms with Gasteiger partial charge in [-0.3, -0.25) is 4.99 Å². The highest BCUT2D eigenvalue weighted by molar-refractivity contribution is 14.0. The minimum Gasteiger partial charge on any atom is -0.391 e. The Bertz CT molecular complexity index is 252. The Morgan fingerprint density at radius 3 is 2.79 bits per heavy atom. The number of guanidine groups is 1. The van der Waals surface area contributed by atoms with Crippen molar-refractivity contribution in [3.8, 4) is 0 Å². The fourth-order valence-corrected chi connectivity index (χ4v) is 2.01. The number of nitrogens with one attached hydrogen (secondary N) is 1. The van der Waals surface area contributed by atoms with E-state index < -0.39 is 0 Å². The molecule has 114 valence electrons. The quantitative estimate of drug-likeness (QED) is 0.302. The maximum Gasteiger partial charge on any atom is 0.194 e. The van der Waals surface area contributed by atoms with Crippen LogP contribution < -0.4 is 5.32 Å². The lowest BCUT2D eigenvalue weighted by molar-refractivity contribution is 0.144. The summed E-state index contributed by atoms with van der Waals surface area (Å²) in [6.45, 7) is 8.98. The Kier molecular flexibility index (Phi) is 11.7. The molecule has 0 aliphatic carbocycles. The monoisotopic (exact) mass is 385 g/mol. The number of hydrogen-bond donors (Lipinski definition) is 2. The van der Waals surface area contributed by atoms with Crippen molar-refractivity contribution in [2.24, 2.45) is 4.99 Å². The molecular weight excluding hydrogens is 357 g/mol. The summed E-state index contributed by atoms with van der Waals surface area (Å²) in [6, 6.07) is 0. The fourth-order valence-electron chi connectivity index (χ4n) is 2.01. The average molecular weight is 385 g/mol. The molecule has 6 heteroatoms. The normalized spacial score (nSPS) is 19.4. The smallest absolute Gasteiger partial charge is 0.194 e. The second-order valence-corrected chi connectivity index (χ2v) is 4.53. The Morgan fingerprint density at radius 2 is 2.21 bits per heavy atom. The predicted molar refractivity (Wildman–Crippen MR) is 89.3 cm³/mol. The van der Waals surface area contributed by atoms with E-state index in [2.05, 4.69) is 22.1 Å². The van der Waals surface area contributed by atoms with Crippen LogP contribution in [0.1, 0.15) is 33.1 Å². The highest BCUT2D eigenvalue weighted by Crippen LogP contribution is 2.08. The van der Waals surface area contributed by atoms with E-state index in [1.165, 1.54) is 0 Å². The van der Waals surface area contributed by atoms with Gasteiger partial charge in [-0.1, -0.05) is 0 Å². The Hall–Kier alpha value is -0.0800. The Balaban J connectivity index is 0.00000324. The number of ether oxygens (including phenoxy) is 1.